The average Bonchev–Trinajstić information content (AvgIpc) is 2.47. The first-order chi connectivity index (χ1) is 9.65. The number of ether oxygens (including phenoxy) is 2. The van der Waals surface area contributed by atoms with Gasteiger partial charge in [0.05, 0.1) is 14.2 Å². The second-order valence-corrected chi connectivity index (χ2v) is 5.81. The van der Waals surface area contributed by atoms with E-state index in [1.807, 2.05) is 24.3 Å². The van der Waals surface area contributed by atoms with E-state index in [1.165, 1.54) is 16.7 Å². The summed E-state index contributed by atoms with van der Waals surface area (Å²) in [6.07, 6.45) is 0.886. The zero-order chi connectivity index (χ0) is 14.5. The molecule has 0 aliphatic rings. The summed E-state index contributed by atoms with van der Waals surface area (Å²) in [5.41, 5.74) is 3.70. The molecule has 0 aliphatic carbocycles. The Hall–Kier alpha value is -1.48. The maximum Gasteiger partial charge on any atom is 0.122 e. The number of alkyl halides is 1. The monoisotopic (exact) mass is 334 g/mol. The summed E-state index contributed by atoms with van der Waals surface area (Å²) in [5.74, 6) is 1.83. The van der Waals surface area contributed by atoms with E-state index in [4.69, 9.17) is 9.47 Å². The topological polar surface area (TPSA) is 18.5 Å². The van der Waals surface area contributed by atoms with Crippen molar-refractivity contribution in [3.05, 3.63) is 59.2 Å². The third-order valence-electron chi connectivity index (χ3n) is 3.41. The molecule has 1 atom stereocenters. The predicted octanol–water partition coefficient (Wildman–Crippen LogP) is 4.69. The van der Waals surface area contributed by atoms with Gasteiger partial charge in [0.25, 0.3) is 0 Å². The van der Waals surface area contributed by atoms with Gasteiger partial charge in [-0.2, -0.15) is 0 Å². The van der Waals surface area contributed by atoms with Gasteiger partial charge in [0, 0.05) is 4.83 Å². The van der Waals surface area contributed by atoms with Crippen molar-refractivity contribution >= 4 is 15.9 Å². The third-order valence-corrected chi connectivity index (χ3v) is 4.22. The van der Waals surface area contributed by atoms with Gasteiger partial charge in [-0.05, 0) is 48.2 Å². The predicted molar refractivity (Wildman–Crippen MR) is 86.1 cm³/mol. The molecule has 2 rings (SSSR count). The molecule has 0 radical (unpaired) electrons. The summed E-state index contributed by atoms with van der Waals surface area (Å²) in [6, 6.07) is 14.3. The van der Waals surface area contributed by atoms with Crippen LogP contribution in [0.1, 0.15) is 21.5 Å². The van der Waals surface area contributed by atoms with Crippen molar-refractivity contribution in [2.75, 3.05) is 14.2 Å². The van der Waals surface area contributed by atoms with Crippen LogP contribution in [0.25, 0.3) is 0 Å². The number of benzene rings is 2. The second kappa shape index (κ2) is 6.80. The van der Waals surface area contributed by atoms with Crippen molar-refractivity contribution in [3.63, 3.8) is 0 Å². The number of aryl methyl sites for hydroxylation is 1. The maximum atomic E-state index is 5.41. The zero-order valence-corrected chi connectivity index (χ0v) is 13.6. The van der Waals surface area contributed by atoms with Gasteiger partial charge < -0.3 is 9.47 Å². The molecule has 0 spiro atoms. The first-order valence-corrected chi connectivity index (χ1v) is 7.47. The van der Waals surface area contributed by atoms with Gasteiger partial charge in [-0.1, -0.05) is 40.2 Å². The molecule has 0 aromatic heterocycles. The molecule has 0 bridgehead atoms. The lowest BCUT2D eigenvalue weighted by Gasteiger charge is -2.16. The van der Waals surface area contributed by atoms with E-state index >= 15 is 0 Å². The summed E-state index contributed by atoms with van der Waals surface area (Å²) in [5, 5.41) is 0. The second-order valence-electron chi connectivity index (χ2n) is 4.71. The van der Waals surface area contributed by atoms with Crippen LogP contribution in [0.3, 0.4) is 0 Å². The van der Waals surface area contributed by atoms with Crippen LogP contribution in [-0.4, -0.2) is 14.2 Å². The van der Waals surface area contributed by atoms with Crippen molar-refractivity contribution in [1.29, 1.82) is 0 Å². The highest BCUT2D eigenvalue weighted by molar-refractivity contribution is 9.09. The van der Waals surface area contributed by atoms with Crippen molar-refractivity contribution in [3.8, 4) is 11.5 Å². The van der Waals surface area contributed by atoms with Gasteiger partial charge >= 0.3 is 0 Å². The Morgan fingerprint density at radius 1 is 1.05 bits per heavy atom. The molecule has 0 fully saturated rings. The number of para-hydroxylation sites is 1. The van der Waals surface area contributed by atoms with E-state index in [0.29, 0.717) is 0 Å². The van der Waals surface area contributed by atoms with Gasteiger partial charge in [0.1, 0.15) is 11.5 Å². The summed E-state index contributed by atoms with van der Waals surface area (Å²) >= 11 is 3.79. The number of hydrogen-bond donors (Lipinski definition) is 0. The molecule has 2 aromatic carbocycles. The fourth-order valence-electron chi connectivity index (χ4n) is 2.30. The summed E-state index contributed by atoms with van der Waals surface area (Å²) in [7, 11) is 3.40. The van der Waals surface area contributed by atoms with Gasteiger partial charge in [-0.15, -0.1) is 0 Å². The van der Waals surface area contributed by atoms with E-state index in [9.17, 15) is 0 Å². The van der Waals surface area contributed by atoms with Crippen LogP contribution in [0.15, 0.2) is 42.5 Å². The van der Waals surface area contributed by atoms with Crippen molar-refractivity contribution in [1.82, 2.24) is 0 Å². The van der Waals surface area contributed by atoms with Gasteiger partial charge in [0.2, 0.25) is 0 Å². The molecular weight excluding hydrogens is 316 g/mol. The van der Waals surface area contributed by atoms with Gasteiger partial charge in [0.15, 0.2) is 0 Å². The summed E-state index contributed by atoms with van der Waals surface area (Å²) in [6.45, 7) is 2.11. The van der Waals surface area contributed by atoms with Gasteiger partial charge in [-0.3, -0.25) is 0 Å². The molecule has 2 aromatic rings. The SMILES string of the molecule is COc1ccc(C(Br)Cc2ccccc2OC)c(C)c1. The molecular formula is C17H19BrO2. The van der Waals surface area contributed by atoms with E-state index in [0.717, 1.165) is 17.9 Å². The summed E-state index contributed by atoms with van der Waals surface area (Å²) in [4.78, 5) is 0.254. The van der Waals surface area contributed by atoms with E-state index < -0.39 is 0 Å². The molecule has 106 valence electrons. The number of hydrogen-bond acceptors (Lipinski definition) is 2. The first kappa shape index (κ1) is 14.9. The van der Waals surface area contributed by atoms with Crippen LogP contribution in [-0.2, 0) is 6.42 Å². The minimum atomic E-state index is 0.254. The first-order valence-electron chi connectivity index (χ1n) is 6.56. The molecule has 0 saturated heterocycles. The normalized spacial score (nSPS) is 12.0. The Morgan fingerprint density at radius 2 is 1.80 bits per heavy atom. The minimum absolute atomic E-state index is 0.254. The Labute approximate surface area is 128 Å². The molecule has 1 unspecified atom stereocenters. The van der Waals surface area contributed by atoms with Crippen molar-refractivity contribution in [2.45, 2.75) is 18.2 Å². The largest absolute Gasteiger partial charge is 0.497 e. The quantitative estimate of drug-likeness (QED) is 0.738. The Bertz CT molecular complexity index is 581. The van der Waals surface area contributed by atoms with Crippen molar-refractivity contribution < 1.29 is 9.47 Å². The lowest BCUT2D eigenvalue weighted by molar-refractivity contribution is 0.409. The molecule has 0 saturated carbocycles. The molecule has 0 aliphatic heterocycles. The number of methoxy groups -OCH3 is 2. The number of halogens is 1. The van der Waals surface area contributed by atoms with Crippen LogP contribution in [0.2, 0.25) is 0 Å². The van der Waals surface area contributed by atoms with E-state index in [2.05, 4.69) is 41.1 Å². The van der Waals surface area contributed by atoms with Crippen LogP contribution in [0.4, 0.5) is 0 Å². The molecule has 0 N–H and O–H groups in total. The highest BCUT2D eigenvalue weighted by Crippen LogP contribution is 2.33. The standard InChI is InChI=1S/C17H19BrO2/c1-12-10-14(19-2)8-9-15(12)16(18)11-13-6-4-5-7-17(13)20-3/h4-10,16H,11H2,1-3H3. The van der Waals surface area contributed by atoms with E-state index in [1.54, 1.807) is 14.2 Å². The highest BCUT2D eigenvalue weighted by Gasteiger charge is 2.14. The average molecular weight is 335 g/mol. The summed E-state index contributed by atoms with van der Waals surface area (Å²) < 4.78 is 10.7. The van der Waals surface area contributed by atoms with Crippen LogP contribution in [0, 0.1) is 6.92 Å². The smallest absolute Gasteiger partial charge is 0.122 e. The molecule has 2 nitrogen and oxygen atoms in total. The van der Waals surface area contributed by atoms with E-state index in [-0.39, 0.29) is 4.83 Å². The highest BCUT2D eigenvalue weighted by atomic mass is 79.9. The fraction of sp³-hybridized carbons (Fsp3) is 0.294. The Kier molecular flexibility index (Phi) is 5.07. The lowest BCUT2D eigenvalue weighted by atomic mass is 9.99. The van der Waals surface area contributed by atoms with Crippen LogP contribution >= 0.6 is 15.9 Å². The molecule has 0 amide bonds. The zero-order valence-electron chi connectivity index (χ0n) is 12.0. The Balaban J connectivity index is 2.21. The van der Waals surface area contributed by atoms with Crippen LogP contribution in [0.5, 0.6) is 11.5 Å². The Morgan fingerprint density at radius 3 is 2.45 bits per heavy atom. The lowest BCUT2D eigenvalue weighted by Crippen LogP contribution is -2.00. The molecule has 20 heavy (non-hydrogen) atoms. The van der Waals surface area contributed by atoms with Crippen molar-refractivity contribution in [2.24, 2.45) is 0 Å². The van der Waals surface area contributed by atoms with Crippen LogP contribution < -0.4 is 9.47 Å². The maximum absolute atomic E-state index is 5.41. The molecule has 3 heteroatoms. The fourth-order valence-corrected chi connectivity index (χ4v) is 3.16. The third kappa shape index (κ3) is 3.34. The minimum Gasteiger partial charge on any atom is -0.497 e. The molecule has 0 heterocycles. The van der Waals surface area contributed by atoms with Gasteiger partial charge in [-0.25, -0.2) is 0 Å². The number of rotatable bonds is 5.